The summed E-state index contributed by atoms with van der Waals surface area (Å²) in [6, 6.07) is 17.6. The lowest BCUT2D eigenvalue weighted by atomic mass is 10.1. The second kappa shape index (κ2) is 5.60. The molecule has 0 amide bonds. The van der Waals surface area contributed by atoms with Crippen molar-refractivity contribution in [2.45, 2.75) is 0 Å². The van der Waals surface area contributed by atoms with Crippen LogP contribution in [0.5, 0.6) is 0 Å². The Labute approximate surface area is 128 Å². The first-order chi connectivity index (χ1) is 10.0. The summed E-state index contributed by atoms with van der Waals surface area (Å²) < 4.78 is 0.856. The first kappa shape index (κ1) is 14.3. The van der Waals surface area contributed by atoms with Gasteiger partial charge in [0.05, 0.1) is 21.1 Å². The predicted octanol–water partition coefficient (Wildman–Crippen LogP) is 4.65. The molecule has 0 fully saturated rings. The van der Waals surface area contributed by atoms with E-state index in [4.69, 9.17) is 0 Å². The quantitative estimate of drug-likeness (QED) is 0.559. The molecule has 0 saturated heterocycles. The molecule has 21 heavy (non-hydrogen) atoms. The molecule has 2 heteroatoms. The molecule has 1 heterocycles. The normalized spacial score (nSPS) is 14.8. The summed E-state index contributed by atoms with van der Waals surface area (Å²) in [5, 5.41) is 1.41. The van der Waals surface area contributed by atoms with Gasteiger partial charge in [0, 0.05) is 0 Å². The van der Waals surface area contributed by atoms with E-state index in [-0.39, 0.29) is 7.92 Å². The highest BCUT2D eigenvalue weighted by atomic mass is 31.1. The minimum Gasteiger partial charge on any atom is -0.298 e. The molecule has 0 saturated carbocycles. The first-order valence-corrected chi connectivity index (χ1v) is 8.68. The second-order valence-electron chi connectivity index (χ2n) is 6.20. The molecule has 0 N–H and O–H groups in total. The van der Waals surface area contributed by atoms with Crippen LogP contribution in [-0.2, 0) is 0 Å². The maximum absolute atomic E-state index is 2.35. The van der Waals surface area contributed by atoms with Crippen molar-refractivity contribution in [3.05, 3.63) is 71.3 Å². The summed E-state index contributed by atoms with van der Waals surface area (Å²) >= 11 is 0. The van der Waals surface area contributed by atoms with Gasteiger partial charge in [-0.05, 0) is 48.6 Å². The monoisotopic (exact) mass is 294 g/mol. The molecule has 0 aromatic heterocycles. The highest BCUT2D eigenvalue weighted by molar-refractivity contribution is 7.71. The van der Waals surface area contributed by atoms with Crippen molar-refractivity contribution in [3.63, 3.8) is 0 Å². The Morgan fingerprint density at radius 1 is 0.714 bits per heavy atom. The molecule has 0 radical (unpaired) electrons. The Morgan fingerprint density at radius 2 is 1.24 bits per heavy atom. The minimum atomic E-state index is -0.356. The zero-order chi connectivity index (χ0) is 14.9. The minimum absolute atomic E-state index is 0.356. The molecule has 0 aliphatic carbocycles. The third-order valence-corrected chi connectivity index (χ3v) is 5.58. The van der Waals surface area contributed by atoms with E-state index in [1.54, 1.807) is 0 Å². The summed E-state index contributed by atoms with van der Waals surface area (Å²) in [7, 11) is 6.23. The van der Waals surface area contributed by atoms with Crippen molar-refractivity contribution in [3.8, 4) is 0 Å². The topological polar surface area (TPSA) is 0 Å². The van der Waals surface area contributed by atoms with Crippen LogP contribution < -0.4 is 9.79 Å². The van der Waals surface area contributed by atoms with Gasteiger partial charge in [-0.2, -0.15) is 0 Å². The van der Waals surface area contributed by atoms with E-state index in [9.17, 15) is 0 Å². The molecule has 3 rings (SSSR count). The van der Waals surface area contributed by atoms with Crippen LogP contribution in [0.2, 0.25) is 0 Å². The molecule has 2 aromatic carbocycles. The van der Waals surface area contributed by atoms with Crippen LogP contribution in [0.3, 0.4) is 0 Å². The fourth-order valence-corrected chi connectivity index (χ4v) is 4.01. The number of hydrogen-bond donors (Lipinski definition) is 0. The van der Waals surface area contributed by atoms with E-state index < -0.39 is 0 Å². The maximum Gasteiger partial charge on any atom is 0.132 e. The molecule has 0 unspecified atom stereocenters. The molecule has 1 aliphatic heterocycles. The lowest BCUT2D eigenvalue weighted by molar-refractivity contribution is 0.486. The van der Waals surface area contributed by atoms with Gasteiger partial charge >= 0.3 is 0 Å². The summed E-state index contributed by atoms with van der Waals surface area (Å²) in [5.74, 6) is 4.69. The number of benzene rings is 2. The highest BCUT2D eigenvalue weighted by Gasteiger charge is 2.13. The van der Waals surface area contributed by atoms with Gasteiger partial charge in [-0.15, -0.1) is 0 Å². The van der Waals surface area contributed by atoms with Crippen molar-refractivity contribution in [2.75, 3.05) is 21.1 Å². The average molecular weight is 294 g/mol. The van der Waals surface area contributed by atoms with Crippen LogP contribution in [-0.4, -0.2) is 21.1 Å². The van der Waals surface area contributed by atoms with Gasteiger partial charge in [0.25, 0.3) is 0 Å². The lowest BCUT2D eigenvalue weighted by Crippen LogP contribution is -2.34. The molecule has 0 atom stereocenters. The van der Waals surface area contributed by atoms with E-state index in [0.717, 1.165) is 4.48 Å². The number of nitrogens with zero attached hydrogens (tertiary/aromatic N) is 1. The molecular weight excluding hydrogens is 273 g/mol. The average Bonchev–Trinajstić information content (AvgIpc) is 2.69. The van der Waals surface area contributed by atoms with Crippen molar-refractivity contribution < 1.29 is 0 Å². The number of rotatable bonds is 2. The Bertz CT molecular complexity index is 657. The van der Waals surface area contributed by atoms with Crippen LogP contribution in [0, 0.1) is 0 Å². The Morgan fingerprint density at radius 3 is 1.71 bits per heavy atom. The van der Waals surface area contributed by atoms with Crippen molar-refractivity contribution >= 4 is 31.1 Å². The molecule has 1 aliphatic rings. The maximum atomic E-state index is 2.35. The van der Waals surface area contributed by atoms with Gasteiger partial charge in [0.2, 0.25) is 0 Å². The fourth-order valence-electron chi connectivity index (χ4n) is 2.43. The standard InChI is InChI=1S/C19H21NP/c1-20(2,3)18-8-10-19(11-9-18)21-14-12-16-6-4-5-7-17(16)13-15-21/h4-15H,1-3H3/q+1. The zero-order valence-corrected chi connectivity index (χ0v) is 13.7. The van der Waals surface area contributed by atoms with Gasteiger partial charge in [0.1, 0.15) is 5.69 Å². The molecule has 1 nitrogen and oxygen atoms in total. The van der Waals surface area contributed by atoms with Crippen LogP contribution in [0.15, 0.2) is 60.2 Å². The number of hydrogen-bond acceptors (Lipinski definition) is 0. The molecular formula is C19H21NP+. The second-order valence-corrected chi connectivity index (χ2v) is 8.12. The third kappa shape index (κ3) is 3.15. The van der Waals surface area contributed by atoms with Crippen molar-refractivity contribution in [1.29, 1.82) is 0 Å². The van der Waals surface area contributed by atoms with Gasteiger partial charge in [-0.3, -0.25) is 4.48 Å². The summed E-state index contributed by atoms with van der Waals surface area (Å²) in [4.78, 5) is 0. The van der Waals surface area contributed by atoms with Gasteiger partial charge < -0.3 is 0 Å². The van der Waals surface area contributed by atoms with Crippen LogP contribution >= 0.6 is 7.92 Å². The van der Waals surface area contributed by atoms with Gasteiger partial charge in [-0.1, -0.05) is 48.1 Å². The smallest absolute Gasteiger partial charge is 0.132 e. The lowest BCUT2D eigenvalue weighted by Gasteiger charge is -2.23. The highest BCUT2D eigenvalue weighted by Crippen LogP contribution is 2.42. The van der Waals surface area contributed by atoms with Crippen LogP contribution in [0.25, 0.3) is 12.2 Å². The predicted molar refractivity (Wildman–Crippen MR) is 97.1 cm³/mol. The zero-order valence-electron chi connectivity index (χ0n) is 12.8. The van der Waals surface area contributed by atoms with E-state index >= 15 is 0 Å². The van der Waals surface area contributed by atoms with E-state index in [0.29, 0.717) is 0 Å². The van der Waals surface area contributed by atoms with E-state index in [2.05, 4.69) is 93.5 Å². The molecule has 0 spiro atoms. The van der Waals surface area contributed by atoms with Gasteiger partial charge in [-0.25, -0.2) is 0 Å². The molecule has 0 bridgehead atoms. The van der Waals surface area contributed by atoms with Crippen molar-refractivity contribution in [1.82, 2.24) is 4.48 Å². The summed E-state index contributed by atoms with van der Waals surface area (Å²) in [6.45, 7) is 0. The van der Waals surface area contributed by atoms with Crippen molar-refractivity contribution in [2.24, 2.45) is 0 Å². The Hall–Kier alpha value is -1.69. The first-order valence-electron chi connectivity index (χ1n) is 7.20. The van der Waals surface area contributed by atoms with E-state index in [1.165, 1.54) is 22.1 Å². The largest absolute Gasteiger partial charge is 0.298 e. The third-order valence-electron chi connectivity index (χ3n) is 3.75. The number of fused-ring (bicyclic) bond motifs is 1. The SMILES string of the molecule is C[N+](C)(C)c1ccc(P2C=Cc3ccccc3C=C2)cc1. The Balaban J connectivity index is 1.89. The van der Waals surface area contributed by atoms with E-state index in [1.807, 2.05) is 0 Å². The Kier molecular flexibility index (Phi) is 3.80. The fraction of sp³-hybridized carbons (Fsp3) is 0.158. The molecule has 106 valence electrons. The van der Waals surface area contributed by atoms with Gasteiger partial charge in [0.15, 0.2) is 0 Å². The summed E-state index contributed by atoms with van der Waals surface area (Å²) in [5.41, 5.74) is 3.95. The number of quaternary nitrogens is 1. The van der Waals surface area contributed by atoms with Crippen LogP contribution in [0.1, 0.15) is 11.1 Å². The molecule has 2 aromatic rings. The summed E-state index contributed by atoms with van der Waals surface area (Å²) in [6.07, 6.45) is 4.52. The van der Waals surface area contributed by atoms with Crippen LogP contribution in [0.4, 0.5) is 5.69 Å².